The molecular weight excluding hydrogens is 231 g/mol. The number of aliphatic hydroxyl groups excluding tert-OH is 1. The number of hydrogen-bond acceptors (Lipinski definition) is 4. The average molecular weight is 240 g/mol. The summed E-state index contributed by atoms with van der Waals surface area (Å²) < 4.78 is 13.1. The van der Waals surface area contributed by atoms with Crippen molar-refractivity contribution in [3.8, 4) is 0 Å². The fourth-order valence-electron chi connectivity index (χ4n) is 1.75. The Balaban J connectivity index is 2.37. The molecule has 1 saturated heterocycles. The van der Waals surface area contributed by atoms with Crippen LogP contribution in [-0.2, 0) is 4.79 Å². The van der Waals surface area contributed by atoms with Crippen LogP contribution in [0.25, 0.3) is 0 Å². The van der Waals surface area contributed by atoms with Gasteiger partial charge < -0.3 is 10.0 Å². The number of amides is 1. The quantitative estimate of drug-likeness (QED) is 0.613. The lowest BCUT2D eigenvalue weighted by Crippen LogP contribution is -2.25. The van der Waals surface area contributed by atoms with Crippen LogP contribution in [0.2, 0.25) is 0 Å². The number of benzene rings is 1. The average Bonchev–Trinajstić information content (AvgIpc) is 2.58. The summed E-state index contributed by atoms with van der Waals surface area (Å²) in [6.45, 7) is 0.0711. The van der Waals surface area contributed by atoms with E-state index in [1.54, 1.807) is 0 Å². The Morgan fingerprint density at radius 2 is 2.24 bits per heavy atom. The van der Waals surface area contributed by atoms with Crippen molar-refractivity contribution in [2.24, 2.45) is 0 Å². The van der Waals surface area contributed by atoms with Crippen molar-refractivity contribution in [2.45, 2.75) is 12.5 Å². The summed E-state index contributed by atoms with van der Waals surface area (Å²) in [4.78, 5) is 22.4. The summed E-state index contributed by atoms with van der Waals surface area (Å²) in [6, 6.07) is 3.20. The monoisotopic (exact) mass is 240 g/mol. The van der Waals surface area contributed by atoms with Gasteiger partial charge >= 0.3 is 5.69 Å². The SMILES string of the molecule is O=C1CC(O)CN1c1ccc(F)c([N+](=O)[O-])c1. The van der Waals surface area contributed by atoms with E-state index in [0.717, 1.165) is 12.1 Å². The molecule has 1 fully saturated rings. The molecule has 0 radical (unpaired) electrons. The number of anilines is 1. The third-order valence-electron chi connectivity index (χ3n) is 2.54. The molecule has 0 bridgehead atoms. The van der Waals surface area contributed by atoms with Gasteiger partial charge in [-0.1, -0.05) is 0 Å². The summed E-state index contributed by atoms with van der Waals surface area (Å²) in [5, 5.41) is 19.8. The maximum absolute atomic E-state index is 13.1. The summed E-state index contributed by atoms with van der Waals surface area (Å²) in [5.74, 6) is -1.29. The number of halogens is 1. The van der Waals surface area contributed by atoms with Gasteiger partial charge in [0.15, 0.2) is 0 Å². The minimum absolute atomic E-state index is 0.0226. The molecule has 2 rings (SSSR count). The number of nitro benzene ring substituents is 1. The lowest BCUT2D eigenvalue weighted by molar-refractivity contribution is -0.387. The first kappa shape index (κ1) is 11.5. The highest BCUT2D eigenvalue weighted by Crippen LogP contribution is 2.27. The van der Waals surface area contributed by atoms with Gasteiger partial charge in [-0.05, 0) is 12.1 Å². The van der Waals surface area contributed by atoms with E-state index in [1.165, 1.54) is 11.0 Å². The molecule has 1 atom stereocenters. The van der Waals surface area contributed by atoms with Crippen molar-refractivity contribution >= 4 is 17.3 Å². The van der Waals surface area contributed by atoms with Crippen LogP contribution < -0.4 is 4.90 Å². The molecule has 6 nitrogen and oxygen atoms in total. The summed E-state index contributed by atoms with van der Waals surface area (Å²) in [5.41, 5.74) is -0.462. The van der Waals surface area contributed by atoms with Crippen LogP contribution in [0.5, 0.6) is 0 Å². The normalized spacial score (nSPS) is 19.8. The highest BCUT2D eigenvalue weighted by Gasteiger charge is 2.30. The van der Waals surface area contributed by atoms with Gasteiger partial charge in [0.25, 0.3) is 0 Å². The van der Waals surface area contributed by atoms with Crippen molar-refractivity contribution in [2.75, 3.05) is 11.4 Å². The Labute approximate surface area is 95.4 Å². The van der Waals surface area contributed by atoms with Crippen LogP contribution in [-0.4, -0.2) is 28.6 Å². The molecule has 1 aliphatic heterocycles. The van der Waals surface area contributed by atoms with E-state index < -0.39 is 22.5 Å². The first-order chi connectivity index (χ1) is 7.99. The van der Waals surface area contributed by atoms with Gasteiger partial charge in [-0.3, -0.25) is 14.9 Å². The fourth-order valence-corrected chi connectivity index (χ4v) is 1.75. The number of rotatable bonds is 2. The second-order valence-corrected chi connectivity index (χ2v) is 3.76. The molecule has 90 valence electrons. The number of aliphatic hydroxyl groups is 1. The molecule has 0 aliphatic carbocycles. The fraction of sp³-hybridized carbons (Fsp3) is 0.300. The molecule has 1 heterocycles. The van der Waals surface area contributed by atoms with Crippen LogP contribution in [0.15, 0.2) is 18.2 Å². The van der Waals surface area contributed by atoms with E-state index in [-0.39, 0.29) is 24.6 Å². The predicted octanol–water partition coefficient (Wildman–Crippen LogP) is 0.832. The van der Waals surface area contributed by atoms with E-state index in [9.17, 15) is 24.4 Å². The van der Waals surface area contributed by atoms with Gasteiger partial charge in [0.2, 0.25) is 11.7 Å². The molecule has 0 aromatic heterocycles. The van der Waals surface area contributed by atoms with E-state index in [4.69, 9.17) is 0 Å². The molecule has 17 heavy (non-hydrogen) atoms. The molecule has 1 N–H and O–H groups in total. The van der Waals surface area contributed by atoms with Crippen LogP contribution in [0.1, 0.15) is 6.42 Å². The number of hydrogen-bond donors (Lipinski definition) is 1. The van der Waals surface area contributed by atoms with Crippen molar-refractivity contribution in [1.82, 2.24) is 0 Å². The third-order valence-corrected chi connectivity index (χ3v) is 2.54. The number of nitro groups is 1. The summed E-state index contributed by atoms with van der Waals surface area (Å²) >= 11 is 0. The molecule has 7 heteroatoms. The smallest absolute Gasteiger partial charge is 0.306 e. The second kappa shape index (κ2) is 4.10. The molecule has 1 amide bonds. The zero-order chi connectivity index (χ0) is 12.6. The number of nitrogens with zero attached hydrogens (tertiary/aromatic N) is 2. The molecular formula is C10H9FN2O4. The Morgan fingerprint density at radius 1 is 1.53 bits per heavy atom. The van der Waals surface area contributed by atoms with E-state index in [1.807, 2.05) is 0 Å². The Hall–Kier alpha value is -2.02. The lowest BCUT2D eigenvalue weighted by Gasteiger charge is -2.15. The number of carbonyl (C=O) groups is 1. The van der Waals surface area contributed by atoms with Gasteiger partial charge in [0, 0.05) is 6.07 Å². The molecule has 1 aromatic carbocycles. The van der Waals surface area contributed by atoms with Crippen molar-refractivity contribution in [3.63, 3.8) is 0 Å². The topological polar surface area (TPSA) is 83.7 Å². The molecule has 0 saturated carbocycles. The Bertz CT molecular complexity index is 491. The van der Waals surface area contributed by atoms with Gasteiger partial charge in [0.05, 0.1) is 29.7 Å². The van der Waals surface area contributed by atoms with Crippen LogP contribution in [0.3, 0.4) is 0 Å². The molecule has 1 aliphatic rings. The van der Waals surface area contributed by atoms with E-state index in [0.29, 0.717) is 0 Å². The second-order valence-electron chi connectivity index (χ2n) is 3.76. The summed E-state index contributed by atoms with van der Waals surface area (Å²) in [7, 11) is 0. The van der Waals surface area contributed by atoms with Gasteiger partial charge in [-0.15, -0.1) is 0 Å². The van der Waals surface area contributed by atoms with Crippen molar-refractivity contribution in [3.05, 3.63) is 34.1 Å². The van der Waals surface area contributed by atoms with E-state index in [2.05, 4.69) is 0 Å². The zero-order valence-electron chi connectivity index (χ0n) is 8.67. The van der Waals surface area contributed by atoms with Crippen LogP contribution in [0.4, 0.5) is 15.8 Å². The highest BCUT2D eigenvalue weighted by atomic mass is 19.1. The van der Waals surface area contributed by atoms with Crippen LogP contribution >= 0.6 is 0 Å². The minimum Gasteiger partial charge on any atom is -0.391 e. The highest BCUT2D eigenvalue weighted by molar-refractivity contribution is 5.96. The lowest BCUT2D eigenvalue weighted by atomic mass is 10.2. The van der Waals surface area contributed by atoms with Crippen LogP contribution in [0, 0.1) is 15.9 Å². The van der Waals surface area contributed by atoms with Gasteiger partial charge in [-0.2, -0.15) is 4.39 Å². The Morgan fingerprint density at radius 3 is 2.76 bits per heavy atom. The molecule has 1 aromatic rings. The predicted molar refractivity (Wildman–Crippen MR) is 56.0 cm³/mol. The first-order valence-corrected chi connectivity index (χ1v) is 4.91. The number of carbonyl (C=O) groups excluding carboxylic acids is 1. The first-order valence-electron chi connectivity index (χ1n) is 4.91. The maximum Gasteiger partial charge on any atom is 0.306 e. The largest absolute Gasteiger partial charge is 0.391 e. The minimum atomic E-state index is -0.953. The maximum atomic E-state index is 13.1. The van der Waals surface area contributed by atoms with E-state index >= 15 is 0 Å². The standard InChI is InChI=1S/C10H9FN2O4/c11-8-2-1-6(3-9(8)13(16)17)12-5-7(14)4-10(12)15/h1-3,7,14H,4-5H2. The zero-order valence-corrected chi connectivity index (χ0v) is 8.67. The Kier molecular flexibility index (Phi) is 2.76. The number of β-amino-alcohol motifs (C(OH)–C–C–N with tert-alkyl or cyclic N) is 1. The third kappa shape index (κ3) is 2.09. The summed E-state index contributed by atoms with van der Waals surface area (Å²) in [6.07, 6.45) is -0.808. The molecule has 0 spiro atoms. The van der Waals surface area contributed by atoms with Gasteiger partial charge in [0.1, 0.15) is 0 Å². The van der Waals surface area contributed by atoms with Crippen molar-refractivity contribution in [1.29, 1.82) is 0 Å². The molecule has 1 unspecified atom stereocenters. The van der Waals surface area contributed by atoms with Crippen molar-refractivity contribution < 1.29 is 19.2 Å². The van der Waals surface area contributed by atoms with Gasteiger partial charge in [-0.25, -0.2) is 0 Å².